The summed E-state index contributed by atoms with van der Waals surface area (Å²) in [5.74, 6) is 0.992. The minimum absolute atomic E-state index is 0.992. The fourth-order valence-electron chi connectivity index (χ4n) is 2.68. The summed E-state index contributed by atoms with van der Waals surface area (Å²) in [7, 11) is 0. The van der Waals surface area contributed by atoms with Crippen LogP contribution in [0, 0.1) is 12.8 Å². The molecule has 1 saturated carbocycles. The second kappa shape index (κ2) is 8.16. The number of nitrogens with one attached hydrogen (secondary N) is 1. The van der Waals surface area contributed by atoms with Crippen LogP contribution in [0.1, 0.15) is 54.8 Å². The Bertz CT molecular complexity index is 396. The van der Waals surface area contributed by atoms with Crippen molar-refractivity contribution >= 4 is 11.3 Å². The zero-order chi connectivity index (χ0) is 14.4. The van der Waals surface area contributed by atoms with E-state index in [0.717, 1.165) is 25.6 Å². The van der Waals surface area contributed by atoms with Crippen LogP contribution in [0.25, 0.3) is 0 Å². The van der Waals surface area contributed by atoms with Gasteiger partial charge in [-0.25, -0.2) is 0 Å². The Morgan fingerprint density at radius 3 is 2.75 bits per heavy atom. The molecule has 0 atom stereocenters. The number of hydrogen-bond donors (Lipinski definition) is 1. The van der Waals surface area contributed by atoms with Gasteiger partial charge < -0.3 is 5.32 Å². The first-order valence-corrected chi connectivity index (χ1v) is 9.05. The number of nitrogens with zero attached hydrogens (tertiary/aromatic N) is 1. The largest absolute Gasteiger partial charge is 0.312 e. The first-order valence-electron chi connectivity index (χ1n) is 8.24. The molecule has 1 N–H and O–H groups in total. The highest BCUT2D eigenvalue weighted by molar-refractivity contribution is 7.12. The average Bonchev–Trinajstić information content (AvgIpc) is 3.15. The Labute approximate surface area is 128 Å². The summed E-state index contributed by atoms with van der Waals surface area (Å²) >= 11 is 1.97. The molecule has 20 heavy (non-hydrogen) atoms. The molecule has 0 aromatic carbocycles. The van der Waals surface area contributed by atoms with Crippen LogP contribution >= 0.6 is 11.3 Å². The molecule has 1 aromatic rings. The fourth-order valence-corrected chi connectivity index (χ4v) is 3.70. The summed E-state index contributed by atoms with van der Waals surface area (Å²) in [5, 5.41) is 3.51. The highest BCUT2D eigenvalue weighted by Crippen LogP contribution is 2.31. The van der Waals surface area contributed by atoms with E-state index in [1.165, 1.54) is 48.5 Å². The highest BCUT2D eigenvalue weighted by Gasteiger charge is 2.24. The van der Waals surface area contributed by atoms with Crippen molar-refractivity contribution in [1.82, 2.24) is 10.2 Å². The molecule has 114 valence electrons. The van der Waals surface area contributed by atoms with Crippen molar-refractivity contribution in [3.8, 4) is 0 Å². The summed E-state index contributed by atoms with van der Waals surface area (Å²) in [5.41, 5.74) is 1.55. The van der Waals surface area contributed by atoms with Gasteiger partial charge in [0.2, 0.25) is 0 Å². The van der Waals surface area contributed by atoms with Gasteiger partial charge in [0.05, 0.1) is 0 Å². The van der Waals surface area contributed by atoms with E-state index in [2.05, 4.69) is 37.1 Å². The minimum atomic E-state index is 0.992. The van der Waals surface area contributed by atoms with Crippen LogP contribution in [-0.2, 0) is 13.1 Å². The van der Waals surface area contributed by atoms with Crippen molar-refractivity contribution in [2.75, 3.05) is 19.6 Å². The Kier molecular flexibility index (Phi) is 6.53. The van der Waals surface area contributed by atoms with Crippen molar-refractivity contribution in [1.29, 1.82) is 0 Å². The summed E-state index contributed by atoms with van der Waals surface area (Å²) in [6.07, 6.45) is 5.38. The van der Waals surface area contributed by atoms with Crippen molar-refractivity contribution in [3.05, 3.63) is 21.4 Å². The lowest BCUT2D eigenvalue weighted by Crippen LogP contribution is -2.26. The molecule has 1 aliphatic carbocycles. The lowest BCUT2D eigenvalue weighted by Gasteiger charge is -2.21. The van der Waals surface area contributed by atoms with E-state index in [1.807, 2.05) is 11.3 Å². The van der Waals surface area contributed by atoms with Crippen LogP contribution < -0.4 is 5.32 Å². The van der Waals surface area contributed by atoms with E-state index in [9.17, 15) is 0 Å². The van der Waals surface area contributed by atoms with E-state index < -0.39 is 0 Å². The van der Waals surface area contributed by atoms with Crippen molar-refractivity contribution in [2.24, 2.45) is 5.92 Å². The third-order valence-electron chi connectivity index (χ3n) is 3.94. The molecule has 1 aliphatic rings. The maximum Gasteiger partial charge on any atom is 0.0299 e. The van der Waals surface area contributed by atoms with Crippen LogP contribution in [-0.4, -0.2) is 24.5 Å². The van der Waals surface area contributed by atoms with Gasteiger partial charge in [0.1, 0.15) is 0 Å². The SMILES string of the molecule is CCCNCc1cc(CN(CCC)CC2CC2)c(C)s1. The Hall–Kier alpha value is -0.380. The zero-order valence-electron chi connectivity index (χ0n) is 13.4. The topological polar surface area (TPSA) is 15.3 Å². The van der Waals surface area contributed by atoms with E-state index in [-0.39, 0.29) is 0 Å². The number of hydrogen-bond acceptors (Lipinski definition) is 3. The predicted octanol–water partition coefficient (Wildman–Crippen LogP) is 4.18. The van der Waals surface area contributed by atoms with Gasteiger partial charge in [-0.2, -0.15) is 0 Å². The second-order valence-electron chi connectivity index (χ2n) is 6.15. The summed E-state index contributed by atoms with van der Waals surface area (Å²) in [4.78, 5) is 5.67. The molecule has 0 saturated heterocycles. The molecule has 1 heterocycles. The van der Waals surface area contributed by atoms with Crippen molar-refractivity contribution in [2.45, 2.75) is 59.5 Å². The van der Waals surface area contributed by atoms with E-state index >= 15 is 0 Å². The molecule has 0 radical (unpaired) electrons. The first-order chi connectivity index (χ1) is 9.72. The molecule has 2 nitrogen and oxygen atoms in total. The fraction of sp³-hybridized carbons (Fsp3) is 0.765. The van der Waals surface area contributed by atoms with E-state index in [0.29, 0.717) is 0 Å². The molecule has 1 fully saturated rings. The molecule has 0 spiro atoms. The van der Waals surface area contributed by atoms with Gasteiger partial charge >= 0.3 is 0 Å². The lowest BCUT2D eigenvalue weighted by atomic mass is 10.2. The van der Waals surface area contributed by atoms with Gasteiger partial charge in [-0.15, -0.1) is 11.3 Å². The molecular weight excluding hydrogens is 264 g/mol. The Morgan fingerprint density at radius 2 is 2.10 bits per heavy atom. The van der Waals surface area contributed by atoms with Crippen LogP contribution in [0.3, 0.4) is 0 Å². The van der Waals surface area contributed by atoms with Crippen LogP contribution in [0.5, 0.6) is 0 Å². The Morgan fingerprint density at radius 1 is 1.30 bits per heavy atom. The van der Waals surface area contributed by atoms with Gasteiger partial charge in [-0.3, -0.25) is 4.90 Å². The molecule has 0 bridgehead atoms. The highest BCUT2D eigenvalue weighted by atomic mass is 32.1. The third-order valence-corrected chi connectivity index (χ3v) is 5.04. The molecular formula is C17H30N2S. The number of thiophene rings is 1. The molecule has 0 aliphatic heterocycles. The van der Waals surface area contributed by atoms with Crippen LogP contribution in [0.4, 0.5) is 0 Å². The minimum Gasteiger partial charge on any atom is -0.312 e. The first kappa shape index (κ1) is 16.0. The van der Waals surface area contributed by atoms with Crippen LogP contribution in [0.2, 0.25) is 0 Å². The molecule has 0 amide bonds. The smallest absolute Gasteiger partial charge is 0.0299 e. The average molecular weight is 295 g/mol. The van der Waals surface area contributed by atoms with E-state index in [1.54, 1.807) is 5.56 Å². The monoisotopic (exact) mass is 294 g/mol. The molecule has 0 unspecified atom stereocenters. The maximum absolute atomic E-state index is 3.51. The summed E-state index contributed by atoms with van der Waals surface area (Å²) in [6.45, 7) is 12.7. The third kappa shape index (κ3) is 5.19. The zero-order valence-corrected chi connectivity index (χ0v) is 14.2. The van der Waals surface area contributed by atoms with Gasteiger partial charge in [0, 0.05) is 29.4 Å². The Balaban J connectivity index is 1.88. The van der Waals surface area contributed by atoms with Gasteiger partial charge in [-0.1, -0.05) is 13.8 Å². The predicted molar refractivity (Wildman–Crippen MR) is 89.3 cm³/mol. The maximum atomic E-state index is 3.51. The van der Waals surface area contributed by atoms with Crippen molar-refractivity contribution in [3.63, 3.8) is 0 Å². The summed E-state index contributed by atoms with van der Waals surface area (Å²) in [6, 6.07) is 2.43. The standard InChI is InChI=1S/C17H30N2S/c1-4-8-18-11-17-10-16(14(3)20-17)13-19(9-5-2)12-15-6-7-15/h10,15,18H,4-9,11-13H2,1-3H3. The van der Waals surface area contributed by atoms with E-state index in [4.69, 9.17) is 0 Å². The summed E-state index contributed by atoms with van der Waals surface area (Å²) < 4.78 is 0. The normalized spacial score (nSPS) is 15.2. The van der Waals surface area contributed by atoms with Gasteiger partial charge in [-0.05, 0) is 63.2 Å². The van der Waals surface area contributed by atoms with Gasteiger partial charge in [0.15, 0.2) is 0 Å². The molecule has 3 heteroatoms. The van der Waals surface area contributed by atoms with Crippen molar-refractivity contribution < 1.29 is 0 Å². The van der Waals surface area contributed by atoms with Crippen LogP contribution in [0.15, 0.2) is 6.07 Å². The second-order valence-corrected chi connectivity index (χ2v) is 7.49. The number of aryl methyl sites for hydroxylation is 1. The lowest BCUT2D eigenvalue weighted by molar-refractivity contribution is 0.255. The molecule has 2 rings (SSSR count). The quantitative estimate of drug-likeness (QED) is 0.651. The van der Waals surface area contributed by atoms with Gasteiger partial charge in [0.25, 0.3) is 0 Å². The molecule has 1 aromatic heterocycles. The number of rotatable bonds is 10.